The summed E-state index contributed by atoms with van der Waals surface area (Å²) in [4.78, 5) is 22.6. The lowest BCUT2D eigenvalue weighted by Crippen LogP contribution is -2.33. The third-order valence-electron chi connectivity index (χ3n) is 3.57. The van der Waals surface area contributed by atoms with Crippen LogP contribution in [0.1, 0.15) is 28.9 Å². The summed E-state index contributed by atoms with van der Waals surface area (Å²) in [5, 5.41) is 0. The molecule has 0 amide bonds. The fraction of sp³-hybridized carbons (Fsp3) is 0.583. The first-order valence-electron chi connectivity index (χ1n) is 6.28. The summed E-state index contributed by atoms with van der Waals surface area (Å²) < 4.78 is 0. The van der Waals surface area contributed by atoms with E-state index in [2.05, 4.69) is 14.9 Å². The van der Waals surface area contributed by atoms with Crippen molar-refractivity contribution in [3.8, 4) is 0 Å². The van der Waals surface area contributed by atoms with Crippen molar-refractivity contribution in [2.45, 2.75) is 31.3 Å². The summed E-state index contributed by atoms with van der Waals surface area (Å²) in [6.07, 6.45) is 3.63. The van der Waals surface area contributed by atoms with E-state index in [1.165, 1.54) is 0 Å². The Labute approximate surface area is 105 Å². The van der Waals surface area contributed by atoms with Crippen molar-refractivity contribution in [2.24, 2.45) is 11.5 Å². The number of rotatable bonds is 1. The number of ketones is 1. The Morgan fingerprint density at radius 1 is 1.28 bits per heavy atom. The zero-order chi connectivity index (χ0) is 12.7. The monoisotopic (exact) mass is 247 g/mol. The molecule has 0 bridgehead atoms. The predicted octanol–water partition coefficient (Wildman–Crippen LogP) is -0.530. The molecular formula is C12H17N5O. The average Bonchev–Trinajstić information content (AvgIpc) is 2.75. The number of aromatic nitrogens is 2. The van der Waals surface area contributed by atoms with Crippen LogP contribution in [0.5, 0.6) is 0 Å². The molecular weight excluding hydrogens is 230 g/mol. The van der Waals surface area contributed by atoms with Gasteiger partial charge in [0, 0.05) is 44.2 Å². The number of Topliss-reactive ketones (excluding diaryl/α,β-unsaturated/α-hetero) is 1. The van der Waals surface area contributed by atoms with Gasteiger partial charge in [0.2, 0.25) is 5.95 Å². The fourth-order valence-corrected chi connectivity index (χ4v) is 2.59. The second-order valence-electron chi connectivity index (χ2n) is 5.12. The molecule has 4 N–H and O–H groups in total. The molecule has 0 saturated carbocycles. The van der Waals surface area contributed by atoms with Gasteiger partial charge in [-0.25, -0.2) is 9.97 Å². The standard InChI is InChI=1S/C12H17N5O/c13-7-1-2-17(6-7)12-15-5-9-10(16-12)3-8(14)4-11(9)18/h5,7-8H,1-4,6,13-14H2. The first kappa shape index (κ1) is 11.6. The normalized spacial score (nSPS) is 27.4. The molecule has 96 valence electrons. The molecule has 1 saturated heterocycles. The first-order chi connectivity index (χ1) is 8.63. The molecule has 0 spiro atoms. The highest BCUT2D eigenvalue weighted by atomic mass is 16.1. The minimum atomic E-state index is -0.117. The van der Waals surface area contributed by atoms with Crippen LogP contribution in [0.2, 0.25) is 0 Å². The highest BCUT2D eigenvalue weighted by Crippen LogP contribution is 2.22. The highest BCUT2D eigenvalue weighted by Gasteiger charge is 2.27. The SMILES string of the molecule is NC1CC(=O)c2cnc(N3CCC(N)C3)nc2C1. The summed E-state index contributed by atoms with van der Waals surface area (Å²) in [5.41, 5.74) is 13.1. The van der Waals surface area contributed by atoms with E-state index in [1.54, 1.807) is 6.20 Å². The second kappa shape index (κ2) is 4.29. The van der Waals surface area contributed by atoms with Crippen LogP contribution in [0.25, 0.3) is 0 Å². The number of fused-ring (bicyclic) bond motifs is 1. The molecule has 6 nitrogen and oxygen atoms in total. The summed E-state index contributed by atoms with van der Waals surface area (Å²) in [7, 11) is 0. The lowest BCUT2D eigenvalue weighted by atomic mass is 9.92. The van der Waals surface area contributed by atoms with E-state index < -0.39 is 0 Å². The molecule has 2 heterocycles. The number of nitrogens with zero attached hydrogens (tertiary/aromatic N) is 3. The molecule has 3 rings (SSSR count). The molecule has 2 aliphatic rings. The van der Waals surface area contributed by atoms with Crippen molar-refractivity contribution < 1.29 is 4.79 Å². The van der Waals surface area contributed by atoms with Crippen molar-refractivity contribution in [3.05, 3.63) is 17.5 Å². The number of hydrogen-bond donors (Lipinski definition) is 2. The van der Waals surface area contributed by atoms with Gasteiger partial charge >= 0.3 is 0 Å². The third kappa shape index (κ3) is 1.97. The third-order valence-corrected chi connectivity index (χ3v) is 3.57. The van der Waals surface area contributed by atoms with Crippen molar-refractivity contribution in [1.29, 1.82) is 0 Å². The van der Waals surface area contributed by atoms with Crippen LogP contribution >= 0.6 is 0 Å². The number of carbonyl (C=O) groups excluding carboxylic acids is 1. The maximum atomic E-state index is 11.8. The van der Waals surface area contributed by atoms with Gasteiger partial charge in [-0.05, 0) is 6.42 Å². The Bertz CT molecular complexity index is 489. The summed E-state index contributed by atoms with van der Waals surface area (Å²) in [6.45, 7) is 1.65. The van der Waals surface area contributed by atoms with Crippen molar-refractivity contribution in [3.63, 3.8) is 0 Å². The van der Waals surface area contributed by atoms with Gasteiger partial charge in [0.25, 0.3) is 0 Å². The molecule has 1 fully saturated rings. The van der Waals surface area contributed by atoms with Gasteiger partial charge in [0.1, 0.15) is 0 Å². The quantitative estimate of drug-likeness (QED) is 0.692. The molecule has 6 heteroatoms. The zero-order valence-electron chi connectivity index (χ0n) is 10.2. The second-order valence-corrected chi connectivity index (χ2v) is 5.12. The molecule has 18 heavy (non-hydrogen) atoms. The summed E-state index contributed by atoms with van der Waals surface area (Å²) >= 11 is 0. The molecule has 2 atom stereocenters. The maximum Gasteiger partial charge on any atom is 0.225 e. The fourth-order valence-electron chi connectivity index (χ4n) is 2.59. The van der Waals surface area contributed by atoms with Gasteiger partial charge in [0.05, 0.1) is 11.3 Å². The predicted molar refractivity (Wildman–Crippen MR) is 67.5 cm³/mol. The van der Waals surface area contributed by atoms with E-state index in [4.69, 9.17) is 11.5 Å². The van der Waals surface area contributed by atoms with E-state index in [9.17, 15) is 4.79 Å². The number of anilines is 1. The minimum absolute atomic E-state index is 0.0495. The van der Waals surface area contributed by atoms with Crippen LogP contribution in [0.3, 0.4) is 0 Å². The number of nitrogens with two attached hydrogens (primary N) is 2. The minimum Gasteiger partial charge on any atom is -0.339 e. The topological polar surface area (TPSA) is 98.1 Å². The van der Waals surface area contributed by atoms with Gasteiger partial charge in [-0.3, -0.25) is 4.79 Å². The number of carbonyl (C=O) groups is 1. The molecule has 1 aromatic rings. The molecule has 1 aliphatic heterocycles. The van der Waals surface area contributed by atoms with Crippen LogP contribution in [0.4, 0.5) is 5.95 Å². The Morgan fingerprint density at radius 2 is 2.11 bits per heavy atom. The Morgan fingerprint density at radius 3 is 2.83 bits per heavy atom. The van der Waals surface area contributed by atoms with Crippen molar-refractivity contribution in [2.75, 3.05) is 18.0 Å². The maximum absolute atomic E-state index is 11.8. The molecule has 1 aliphatic carbocycles. The van der Waals surface area contributed by atoms with E-state index in [0.717, 1.165) is 25.2 Å². The van der Waals surface area contributed by atoms with Crippen molar-refractivity contribution >= 4 is 11.7 Å². The lowest BCUT2D eigenvalue weighted by molar-refractivity contribution is 0.0964. The molecule has 2 unspecified atom stereocenters. The van der Waals surface area contributed by atoms with Crippen molar-refractivity contribution in [1.82, 2.24) is 9.97 Å². The van der Waals surface area contributed by atoms with Gasteiger partial charge in [-0.1, -0.05) is 0 Å². The Hall–Kier alpha value is -1.53. The molecule has 1 aromatic heterocycles. The Balaban J connectivity index is 1.91. The zero-order valence-corrected chi connectivity index (χ0v) is 10.2. The van der Waals surface area contributed by atoms with E-state index in [-0.39, 0.29) is 17.9 Å². The van der Waals surface area contributed by atoms with Crippen LogP contribution in [-0.2, 0) is 6.42 Å². The van der Waals surface area contributed by atoms with Gasteiger partial charge in [0.15, 0.2) is 5.78 Å². The Kier molecular flexibility index (Phi) is 2.76. The van der Waals surface area contributed by atoms with E-state index >= 15 is 0 Å². The summed E-state index contributed by atoms with van der Waals surface area (Å²) in [6, 6.07) is 0.0714. The molecule has 0 radical (unpaired) electrons. The van der Waals surface area contributed by atoms with Crippen LogP contribution < -0.4 is 16.4 Å². The molecule has 0 aromatic carbocycles. The van der Waals surface area contributed by atoms with Gasteiger partial charge in [-0.2, -0.15) is 0 Å². The van der Waals surface area contributed by atoms with Crippen LogP contribution in [0.15, 0.2) is 6.20 Å². The van der Waals surface area contributed by atoms with E-state index in [1.807, 2.05) is 0 Å². The van der Waals surface area contributed by atoms with Crippen LogP contribution in [-0.4, -0.2) is 40.9 Å². The lowest BCUT2D eigenvalue weighted by Gasteiger charge is -2.22. The first-order valence-corrected chi connectivity index (χ1v) is 6.28. The highest BCUT2D eigenvalue weighted by molar-refractivity contribution is 5.98. The van der Waals surface area contributed by atoms with Gasteiger partial charge in [-0.15, -0.1) is 0 Å². The largest absolute Gasteiger partial charge is 0.339 e. The smallest absolute Gasteiger partial charge is 0.225 e. The average molecular weight is 247 g/mol. The van der Waals surface area contributed by atoms with E-state index in [0.29, 0.717) is 24.4 Å². The number of hydrogen-bond acceptors (Lipinski definition) is 6. The van der Waals surface area contributed by atoms with Gasteiger partial charge < -0.3 is 16.4 Å². The summed E-state index contributed by atoms with van der Waals surface area (Å²) in [5.74, 6) is 0.719. The van der Waals surface area contributed by atoms with Crippen LogP contribution in [0, 0.1) is 0 Å².